The highest BCUT2D eigenvalue weighted by molar-refractivity contribution is 7.89. The monoisotopic (exact) mass is 458 g/mol. The van der Waals surface area contributed by atoms with Crippen molar-refractivity contribution in [2.24, 2.45) is 0 Å². The molecule has 7 nitrogen and oxygen atoms in total. The predicted molar refractivity (Wildman–Crippen MR) is 123 cm³/mol. The van der Waals surface area contributed by atoms with Crippen molar-refractivity contribution in [3.63, 3.8) is 0 Å². The molecule has 1 amide bonds. The number of amides is 1. The number of hydrogen-bond donors (Lipinski definition) is 1. The maximum Gasteiger partial charge on any atom is 0.262 e. The van der Waals surface area contributed by atoms with Crippen molar-refractivity contribution >= 4 is 21.6 Å². The van der Waals surface area contributed by atoms with Gasteiger partial charge in [0.1, 0.15) is 5.60 Å². The third kappa shape index (κ3) is 4.76. The lowest BCUT2D eigenvalue weighted by Crippen LogP contribution is -2.35. The molecule has 4 rings (SSSR count). The molecule has 2 aliphatic heterocycles. The number of benzene rings is 2. The van der Waals surface area contributed by atoms with Crippen LogP contribution in [0.1, 0.15) is 44.2 Å². The van der Waals surface area contributed by atoms with Crippen molar-refractivity contribution in [1.82, 2.24) is 4.31 Å². The number of carbonyl (C=O) groups excluding carboxylic acids is 1. The number of hydrogen-bond acceptors (Lipinski definition) is 5. The topological polar surface area (TPSA) is 84.9 Å². The molecular weight excluding hydrogens is 428 g/mol. The van der Waals surface area contributed by atoms with E-state index in [0.717, 1.165) is 36.8 Å². The molecule has 0 aliphatic carbocycles. The summed E-state index contributed by atoms with van der Waals surface area (Å²) < 4.78 is 39.2. The number of piperidine rings is 1. The van der Waals surface area contributed by atoms with Crippen LogP contribution < -0.4 is 14.8 Å². The standard InChI is InChI=1S/C24H30N2O5S/c1-17-10-11-19(32(28,29)26-12-5-4-6-13-26)14-20(17)25-22(27)16-30-21-9-7-8-18-15-24(2,3)31-23(18)21/h7-11,14H,4-6,12-13,15-16H2,1-3H3,(H,25,27). The lowest BCUT2D eigenvalue weighted by molar-refractivity contribution is -0.118. The average molecular weight is 459 g/mol. The molecule has 1 saturated heterocycles. The van der Waals surface area contributed by atoms with E-state index in [-0.39, 0.29) is 23.0 Å². The van der Waals surface area contributed by atoms with E-state index in [1.165, 1.54) is 10.4 Å². The number of anilines is 1. The Morgan fingerprint density at radius 1 is 1.16 bits per heavy atom. The maximum atomic E-state index is 13.0. The normalized spacial score (nSPS) is 18.0. The zero-order valence-electron chi connectivity index (χ0n) is 18.8. The van der Waals surface area contributed by atoms with Gasteiger partial charge in [-0.25, -0.2) is 8.42 Å². The number of nitrogens with zero attached hydrogens (tertiary/aromatic N) is 1. The fourth-order valence-electron chi connectivity index (χ4n) is 4.18. The minimum Gasteiger partial charge on any atom is -0.483 e. The molecule has 0 spiro atoms. The maximum absolute atomic E-state index is 13.0. The SMILES string of the molecule is Cc1ccc(S(=O)(=O)N2CCCCC2)cc1NC(=O)COc1cccc2c1OC(C)(C)C2. The molecule has 2 aliphatic rings. The van der Waals surface area contributed by atoms with Crippen LogP contribution >= 0.6 is 0 Å². The highest BCUT2D eigenvalue weighted by atomic mass is 32.2. The van der Waals surface area contributed by atoms with Gasteiger partial charge in [0.05, 0.1) is 4.90 Å². The van der Waals surface area contributed by atoms with Crippen molar-refractivity contribution < 1.29 is 22.7 Å². The van der Waals surface area contributed by atoms with Crippen molar-refractivity contribution in [3.8, 4) is 11.5 Å². The summed E-state index contributed by atoms with van der Waals surface area (Å²) in [6.07, 6.45) is 3.57. The molecule has 172 valence electrons. The zero-order chi connectivity index (χ0) is 22.9. The Hall–Kier alpha value is -2.58. The second-order valence-corrected chi connectivity index (χ2v) is 11.0. The Morgan fingerprint density at radius 3 is 2.66 bits per heavy atom. The van der Waals surface area contributed by atoms with Gasteiger partial charge in [-0.3, -0.25) is 4.79 Å². The van der Waals surface area contributed by atoms with Crippen LogP contribution in [0, 0.1) is 6.92 Å². The molecule has 2 aromatic rings. The Bertz CT molecular complexity index is 1120. The molecule has 0 unspecified atom stereocenters. The summed E-state index contributed by atoms with van der Waals surface area (Å²) in [5.74, 6) is 0.841. The number of fused-ring (bicyclic) bond motifs is 1. The molecule has 0 aromatic heterocycles. The lowest BCUT2D eigenvalue weighted by Gasteiger charge is -2.26. The van der Waals surface area contributed by atoms with Gasteiger partial charge in [-0.2, -0.15) is 4.31 Å². The van der Waals surface area contributed by atoms with Gasteiger partial charge in [0.2, 0.25) is 10.0 Å². The van der Waals surface area contributed by atoms with Crippen molar-refractivity contribution in [2.45, 2.75) is 57.0 Å². The molecular formula is C24H30N2O5S. The Kier molecular flexibility index (Phi) is 6.18. The van der Waals surface area contributed by atoms with Crippen LogP contribution in [0.15, 0.2) is 41.3 Å². The minimum atomic E-state index is -3.58. The van der Waals surface area contributed by atoms with E-state index in [1.807, 2.05) is 32.9 Å². The van der Waals surface area contributed by atoms with Gasteiger partial charge >= 0.3 is 0 Å². The molecule has 0 bridgehead atoms. The van der Waals surface area contributed by atoms with Crippen molar-refractivity contribution in [1.29, 1.82) is 0 Å². The number of para-hydroxylation sites is 1. The Morgan fingerprint density at radius 2 is 1.91 bits per heavy atom. The third-order valence-corrected chi connectivity index (χ3v) is 7.74. The van der Waals surface area contributed by atoms with Gasteiger partial charge in [0.25, 0.3) is 5.91 Å². The first-order chi connectivity index (χ1) is 15.2. The first-order valence-corrected chi connectivity index (χ1v) is 12.4. The highest BCUT2D eigenvalue weighted by Crippen LogP contribution is 2.41. The first kappa shape index (κ1) is 22.6. The van der Waals surface area contributed by atoms with E-state index in [1.54, 1.807) is 18.2 Å². The Balaban J connectivity index is 1.44. The molecule has 0 saturated carbocycles. The largest absolute Gasteiger partial charge is 0.483 e. The van der Waals surface area contributed by atoms with Gasteiger partial charge in [-0.05, 0) is 57.4 Å². The second-order valence-electron chi connectivity index (χ2n) is 9.06. The number of rotatable bonds is 6. The van der Waals surface area contributed by atoms with Crippen LogP contribution in [0.25, 0.3) is 0 Å². The average Bonchev–Trinajstić information content (AvgIpc) is 3.08. The summed E-state index contributed by atoms with van der Waals surface area (Å²) in [5, 5.41) is 2.79. The molecule has 1 fully saturated rings. The Labute approximate surface area is 189 Å². The van der Waals surface area contributed by atoms with E-state index in [4.69, 9.17) is 9.47 Å². The molecule has 32 heavy (non-hydrogen) atoms. The summed E-state index contributed by atoms with van der Waals surface area (Å²) >= 11 is 0. The van der Waals surface area contributed by atoms with E-state index in [2.05, 4.69) is 5.32 Å². The van der Waals surface area contributed by atoms with Gasteiger partial charge in [0.15, 0.2) is 18.1 Å². The van der Waals surface area contributed by atoms with E-state index >= 15 is 0 Å². The summed E-state index contributed by atoms with van der Waals surface area (Å²) in [4.78, 5) is 12.8. The smallest absolute Gasteiger partial charge is 0.262 e. The number of ether oxygens (including phenoxy) is 2. The van der Waals surface area contributed by atoms with Gasteiger partial charge < -0.3 is 14.8 Å². The highest BCUT2D eigenvalue weighted by Gasteiger charge is 2.32. The molecule has 0 atom stereocenters. The van der Waals surface area contributed by atoms with Crippen LogP contribution in [-0.4, -0.2) is 43.9 Å². The summed E-state index contributed by atoms with van der Waals surface area (Å²) in [6, 6.07) is 10.5. The third-order valence-electron chi connectivity index (χ3n) is 5.85. The quantitative estimate of drug-likeness (QED) is 0.710. The number of sulfonamides is 1. The zero-order valence-corrected chi connectivity index (χ0v) is 19.6. The van der Waals surface area contributed by atoms with Crippen LogP contribution in [0.4, 0.5) is 5.69 Å². The fourth-order valence-corrected chi connectivity index (χ4v) is 5.73. The van der Waals surface area contributed by atoms with E-state index in [9.17, 15) is 13.2 Å². The molecule has 2 aromatic carbocycles. The molecule has 2 heterocycles. The molecule has 1 N–H and O–H groups in total. The van der Waals surface area contributed by atoms with Crippen LogP contribution in [0.3, 0.4) is 0 Å². The summed E-state index contributed by atoms with van der Waals surface area (Å²) in [6.45, 7) is 6.71. The molecule has 8 heteroatoms. The number of aryl methyl sites for hydroxylation is 1. The molecule has 0 radical (unpaired) electrons. The van der Waals surface area contributed by atoms with E-state index < -0.39 is 10.0 Å². The predicted octanol–water partition coefficient (Wildman–Crippen LogP) is 3.90. The second kappa shape index (κ2) is 8.75. The summed E-state index contributed by atoms with van der Waals surface area (Å²) in [5.41, 5.74) is 2.00. The van der Waals surface area contributed by atoms with Gasteiger partial charge in [-0.15, -0.1) is 0 Å². The lowest BCUT2D eigenvalue weighted by atomic mass is 10.0. The van der Waals surface area contributed by atoms with Crippen molar-refractivity contribution in [2.75, 3.05) is 25.0 Å². The van der Waals surface area contributed by atoms with Gasteiger partial charge in [0, 0.05) is 30.8 Å². The van der Waals surface area contributed by atoms with Crippen molar-refractivity contribution in [3.05, 3.63) is 47.5 Å². The summed E-state index contributed by atoms with van der Waals surface area (Å²) in [7, 11) is -3.58. The van der Waals surface area contributed by atoms with E-state index in [0.29, 0.717) is 30.3 Å². The number of carbonyl (C=O) groups is 1. The van der Waals surface area contributed by atoms with Gasteiger partial charge in [-0.1, -0.05) is 24.6 Å². The fraction of sp³-hybridized carbons (Fsp3) is 0.458. The van der Waals surface area contributed by atoms with Crippen LogP contribution in [-0.2, 0) is 21.2 Å². The van der Waals surface area contributed by atoms with Crippen LogP contribution in [0.2, 0.25) is 0 Å². The minimum absolute atomic E-state index is 0.192. The first-order valence-electron chi connectivity index (χ1n) is 11.0. The number of nitrogens with one attached hydrogen (secondary N) is 1. The van der Waals surface area contributed by atoms with Crippen LogP contribution in [0.5, 0.6) is 11.5 Å².